The van der Waals surface area contributed by atoms with E-state index >= 15 is 0 Å². The van der Waals surface area contributed by atoms with Gasteiger partial charge in [0.2, 0.25) is 5.88 Å². The first kappa shape index (κ1) is 24.7. The third-order valence-electron chi connectivity index (χ3n) is 4.55. The molecule has 0 spiro atoms. The van der Waals surface area contributed by atoms with Gasteiger partial charge in [0.25, 0.3) is 5.91 Å². The van der Waals surface area contributed by atoms with Gasteiger partial charge < -0.3 is 19.5 Å². The number of nitrogens with zero attached hydrogens (tertiary/aromatic N) is 1. The number of methoxy groups -OCH3 is 1. The number of carbonyl (C=O) groups is 1. The first-order chi connectivity index (χ1) is 16.2. The molecule has 0 radical (unpaired) electrons. The summed E-state index contributed by atoms with van der Waals surface area (Å²) in [5, 5.41) is 2.73. The highest BCUT2D eigenvalue weighted by Gasteiger charge is 2.30. The Hall–Kier alpha value is -3.89. The van der Waals surface area contributed by atoms with Gasteiger partial charge in [-0.2, -0.15) is 22.0 Å². The average Bonchev–Trinajstić information content (AvgIpc) is 2.80. The van der Waals surface area contributed by atoms with Crippen LogP contribution in [0.15, 0.2) is 60.8 Å². The molecule has 34 heavy (non-hydrogen) atoms. The largest absolute Gasteiger partial charge is 0.493 e. The molecule has 3 aromatic rings. The van der Waals surface area contributed by atoms with E-state index in [-0.39, 0.29) is 29.8 Å². The van der Waals surface area contributed by atoms with E-state index in [1.165, 1.54) is 37.4 Å². The van der Waals surface area contributed by atoms with Gasteiger partial charge in [-0.05, 0) is 54.4 Å². The Balaban J connectivity index is 1.52. The van der Waals surface area contributed by atoms with E-state index in [2.05, 4.69) is 15.0 Å². The monoisotopic (exact) mass is 482 g/mol. The second-order valence-electron chi connectivity index (χ2n) is 6.88. The lowest BCUT2D eigenvalue weighted by Gasteiger charge is -2.12. The summed E-state index contributed by atoms with van der Waals surface area (Å²) < 4.78 is 77.4. The lowest BCUT2D eigenvalue weighted by Crippen LogP contribution is -2.25. The number of amides is 1. The number of benzene rings is 2. The average molecular weight is 482 g/mol. The third-order valence-corrected chi connectivity index (χ3v) is 4.55. The minimum atomic E-state index is -4.49. The van der Waals surface area contributed by atoms with Crippen LogP contribution >= 0.6 is 0 Å². The van der Waals surface area contributed by atoms with Gasteiger partial charge in [-0.1, -0.05) is 6.07 Å². The summed E-state index contributed by atoms with van der Waals surface area (Å²) in [6.07, 6.45) is -3.40. The van der Waals surface area contributed by atoms with Crippen LogP contribution in [-0.2, 0) is 12.6 Å². The molecule has 2 aromatic carbocycles. The number of alkyl halides is 5. The fourth-order valence-electron chi connectivity index (χ4n) is 2.89. The zero-order valence-corrected chi connectivity index (χ0v) is 17.7. The van der Waals surface area contributed by atoms with Crippen molar-refractivity contribution in [1.82, 2.24) is 10.3 Å². The summed E-state index contributed by atoms with van der Waals surface area (Å²) in [6, 6.07) is 12.4. The highest BCUT2D eigenvalue weighted by atomic mass is 19.4. The number of rotatable bonds is 9. The zero-order valence-electron chi connectivity index (χ0n) is 17.7. The highest BCUT2D eigenvalue weighted by Crippen LogP contribution is 2.31. The van der Waals surface area contributed by atoms with Gasteiger partial charge in [0, 0.05) is 24.4 Å². The molecule has 0 saturated heterocycles. The highest BCUT2D eigenvalue weighted by molar-refractivity contribution is 5.94. The Labute approximate surface area is 191 Å². The third kappa shape index (κ3) is 6.80. The van der Waals surface area contributed by atoms with Crippen molar-refractivity contribution >= 4 is 5.91 Å². The molecule has 0 unspecified atom stereocenters. The van der Waals surface area contributed by atoms with Crippen LogP contribution in [0.3, 0.4) is 0 Å². The second-order valence-corrected chi connectivity index (χ2v) is 6.88. The molecule has 0 saturated carbocycles. The van der Waals surface area contributed by atoms with Crippen molar-refractivity contribution in [3.8, 4) is 23.1 Å². The minimum Gasteiger partial charge on any atom is -0.493 e. The molecule has 180 valence electrons. The molecule has 1 N–H and O–H groups in total. The van der Waals surface area contributed by atoms with E-state index in [1.807, 2.05) is 0 Å². The summed E-state index contributed by atoms with van der Waals surface area (Å²) in [5.41, 5.74) is 0.195. The van der Waals surface area contributed by atoms with Crippen LogP contribution in [0.4, 0.5) is 22.0 Å². The number of nitrogens with one attached hydrogen (secondary N) is 1. The summed E-state index contributed by atoms with van der Waals surface area (Å²) >= 11 is 0. The molecule has 6 nitrogen and oxygen atoms in total. The van der Waals surface area contributed by atoms with Crippen molar-refractivity contribution < 1.29 is 41.0 Å². The predicted octanol–water partition coefficient (Wildman–Crippen LogP) is 5.48. The van der Waals surface area contributed by atoms with Gasteiger partial charge in [0.1, 0.15) is 5.75 Å². The quantitative estimate of drug-likeness (QED) is 0.410. The molecule has 0 aliphatic rings. The number of halogens is 5. The van der Waals surface area contributed by atoms with Crippen molar-refractivity contribution in [2.24, 2.45) is 0 Å². The normalized spacial score (nSPS) is 11.3. The fraction of sp³-hybridized carbons (Fsp3) is 0.217. The van der Waals surface area contributed by atoms with Crippen LogP contribution in [0.1, 0.15) is 21.5 Å². The van der Waals surface area contributed by atoms with Crippen LogP contribution in [0.25, 0.3) is 0 Å². The minimum absolute atomic E-state index is 0.0226. The summed E-state index contributed by atoms with van der Waals surface area (Å²) in [5.74, 6) is -0.0160. The number of hydrogen-bond donors (Lipinski definition) is 1. The van der Waals surface area contributed by atoms with E-state index in [4.69, 9.17) is 9.47 Å². The molecule has 1 amide bonds. The molecular weight excluding hydrogens is 463 g/mol. The van der Waals surface area contributed by atoms with E-state index in [0.717, 1.165) is 17.7 Å². The van der Waals surface area contributed by atoms with Crippen molar-refractivity contribution in [2.45, 2.75) is 19.2 Å². The first-order valence-corrected chi connectivity index (χ1v) is 9.87. The van der Waals surface area contributed by atoms with E-state index in [0.29, 0.717) is 23.9 Å². The Morgan fingerprint density at radius 1 is 1.03 bits per heavy atom. The SMILES string of the molecule is COc1cc(CCNC(=O)c2ccc(Oc3ccc(C(F)(F)F)cn3)cc2)ccc1OC(F)F. The molecule has 1 heterocycles. The molecule has 0 aliphatic heterocycles. The predicted molar refractivity (Wildman–Crippen MR) is 111 cm³/mol. The van der Waals surface area contributed by atoms with Gasteiger partial charge in [-0.15, -0.1) is 0 Å². The van der Waals surface area contributed by atoms with Crippen molar-refractivity contribution in [2.75, 3.05) is 13.7 Å². The Kier molecular flexibility index (Phi) is 7.87. The van der Waals surface area contributed by atoms with E-state index in [1.54, 1.807) is 12.1 Å². The Morgan fingerprint density at radius 3 is 2.35 bits per heavy atom. The van der Waals surface area contributed by atoms with Gasteiger partial charge in [-0.3, -0.25) is 4.79 Å². The molecule has 11 heteroatoms. The van der Waals surface area contributed by atoms with Gasteiger partial charge in [0.15, 0.2) is 11.5 Å². The maximum Gasteiger partial charge on any atom is 0.417 e. The van der Waals surface area contributed by atoms with Crippen LogP contribution in [0, 0.1) is 0 Å². The molecule has 0 bridgehead atoms. The molecule has 0 fully saturated rings. The smallest absolute Gasteiger partial charge is 0.417 e. The lowest BCUT2D eigenvalue weighted by molar-refractivity contribution is -0.137. The number of aromatic nitrogens is 1. The van der Waals surface area contributed by atoms with Crippen LogP contribution in [0.5, 0.6) is 23.1 Å². The molecule has 0 atom stereocenters. The Morgan fingerprint density at radius 2 is 1.76 bits per heavy atom. The van der Waals surface area contributed by atoms with Crippen molar-refractivity contribution in [1.29, 1.82) is 0 Å². The number of hydrogen-bond acceptors (Lipinski definition) is 5. The summed E-state index contributed by atoms with van der Waals surface area (Å²) in [4.78, 5) is 16.0. The topological polar surface area (TPSA) is 69.7 Å². The number of ether oxygens (including phenoxy) is 3. The molecule has 3 rings (SSSR count). The number of carbonyl (C=O) groups excluding carboxylic acids is 1. The summed E-state index contributed by atoms with van der Waals surface area (Å²) in [6.45, 7) is -2.70. The first-order valence-electron chi connectivity index (χ1n) is 9.87. The maximum atomic E-state index is 12.6. The van der Waals surface area contributed by atoms with Crippen LogP contribution in [0.2, 0.25) is 0 Å². The van der Waals surface area contributed by atoms with Gasteiger partial charge >= 0.3 is 12.8 Å². The Bertz CT molecular complexity index is 1100. The summed E-state index contributed by atoms with van der Waals surface area (Å²) in [7, 11) is 1.33. The maximum absolute atomic E-state index is 12.6. The lowest BCUT2D eigenvalue weighted by atomic mass is 10.1. The van der Waals surface area contributed by atoms with Crippen molar-refractivity contribution in [3.05, 3.63) is 77.5 Å². The number of pyridine rings is 1. The van der Waals surface area contributed by atoms with Gasteiger partial charge in [0.05, 0.1) is 12.7 Å². The fourth-order valence-corrected chi connectivity index (χ4v) is 2.89. The van der Waals surface area contributed by atoms with E-state index < -0.39 is 18.4 Å². The standard InChI is InChI=1S/C23H19F5N2O4/c1-32-19-12-14(2-8-18(19)34-22(24)25)10-11-29-21(31)15-3-6-17(7-4-15)33-20-9-5-16(13-30-20)23(26,27)28/h2-9,12-13,22H,10-11H2,1H3,(H,29,31). The van der Waals surface area contributed by atoms with Crippen LogP contribution < -0.4 is 19.5 Å². The van der Waals surface area contributed by atoms with Crippen molar-refractivity contribution in [3.63, 3.8) is 0 Å². The van der Waals surface area contributed by atoms with E-state index in [9.17, 15) is 26.7 Å². The van der Waals surface area contributed by atoms with Gasteiger partial charge in [-0.25, -0.2) is 4.98 Å². The van der Waals surface area contributed by atoms with Crippen LogP contribution in [-0.4, -0.2) is 31.2 Å². The zero-order chi connectivity index (χ0) is 24.7. The molecular formula is C23H19F5N2O4. The molecule has 1 aromatic heterocycles. The second kappa shape index (κ2) is 10.8. The molecule has 0 aliphatic carbocycles.